The predicted molar refractivity (Wildman–Crippen MR) is 341 cm³/mol. The van der Waals surface area contributed by atoms with Crippen LogP contribution in [-0.4, -0.2) is 140 Å². The number of unbranched alkanes of at least 4 members (excludes halogenated alkanes) is 23. The molecule has 2 heterocycles. The first-order valence-corrected chi connectivity index (χ1v) is 33.1. The minimum absolute atomic E-state index is 0.257. The molecule has 482 valence electrons. The lowest BCUT2D eigenvalue weighted by Crippen LogP contribution is -2.65. The van der Waals surface area contributed by atoms with Gasteiger partial charge in [0.15, 0.2) is 12.6 Å². The zero-order chi connectivity index (χ0) is 60.9. The van der Waals surface area contributed by atoms with Gasteiger partial charge >= 0.3 is 0 Å². The van der Waals surface area contributed by atoms with Crippen LogP contribution < -0.4 is 5.32 Å². The number of carbonyl (C=O) groups excluding carboxylic acids is 1. The van der Waals surface area contributed by atoms with Crippen molar-refractivity contribution in [2.75, 3.05) is 19.8 Å². The highest BCUT2D eigenvalue weighted by Crippen LogP contribution is 2.30. The third-order valence-corrected chi connectivity index (χ3v) is 15.5. The fourth-order valence-electron chi connectivity index (χ4n) is 10.2. The maximum Gasteiger partial charge on any atom is 0.220 e. The molecule has 0 aromatic carbocycles. The summed E-state index contributed by atoms with van der Waals surface area (Å²) in [5, 5.41) is 87.3. The molecule has 14 nitrogen and oxygen atoms in total. The number of carbonyl (C=O) groups is 1. The molecule has 0 spiro atoms. The molecule has 12 unspecified atom stereocenters. The monoisotopic (exact) mass is 1180 g/mol. The molecule has 0 aromatic rings. The lowest BCUT2D eigenvalue weighted by molar-refractivity contribution is -0.359. The van der Waals surface area contributed by atoms with Crippen molar-refractivity contribution >= 4 is 5.91 Å². The number of amides is 1. The first-order valence-electron chi connectivity index (χ1n) is 33.1. The molecule has 1 amide bonds. The summed E-state index contributed by atoms with van der Waals surface area (Å²) in [6, 6.07) is -0.931. The van der Waals surface area contributed by atoms with Crippen molar-refractivity contribution in [1.29, 1.82) is 0 Å². The first-order chi connectivity index (χ1) is 41.1. The van der Waals surface area contributed by atoms with Crippen LogP contribution in [0.1, 0.15) is 232 Å². The first kappa shape index (κ1) is 76.7. The van der Waals surface area contributed by atoms with E-state index in [1.807, 2.05) is 6.08 Å². The van der Waals surface area contributed by atoms with E-state index in [4.69, 9.17) is 18.9 Å². The largest absolute Gasteiger partial charge is 0.394 e. The number of allylic oxidation sites excluding steroid dienone is 17. The minimum Gasteiger partial charge on any atom is -0.394 e. The van der Waals surface area contributed by atoms with Gasteiger partial charge in [0, 0.05) is 6.42 Å². The summed E-state index contributed by atoms with van der Waals surface area (Å²) >= 11 is 0. The van der Waals surface area contributed by atoms with Gasteiger partial charge in [0.2, 0.25) is 5.91 Å². The summed E-state index contributed by atoms with van der Waals surface area (Å²) in [7, 11) is 0. The van der Waals surface area contributed by atoms with Crippen molar-refractivity contribution < 1.29 is 64.6 Å². The minimum atomic E-state index is -1.80. The van der Waals surface area contributed by atoms with E-state index >= 15 is 0 Å². The Morgan fingerprint density at radius 3 is 1.26 bits per heavy atom. The number of aliphatic hydroxyl groups is 8. The Morgan fingerprint density at radius 2 is 0.821 bits per heavy atom. The highest BCUT2D eigenvalue weighted by Gasteiger charge is 2.51. The van der Waals surface area contributed by atoms with Crippen LogP contribution in [0.5, 0.6) is 0 Å². The van der Waals surface area contributed by atoms with E-state index in [1.165, 1.54) is 96.3 Å². The second kappa shape index (κ2) is 53.9. The zero-order valence-corrected chi connectivity index (χ0v) is 52.1. The van der Waals surface area contributed by atoms with Gasteiger partial charge in [-0.25, -0.2) is 0 Å². The lowest BCUT2D eigenvalue weighted by Gasteiger charge is -2.46. The molecule has 2 aliphatic rings. The van der Waals surface area contributed by atoms with E-state index in [0.717, 1.165) is 109 Å². The Balaban J connectivity index is 1.72. The second-order valence-electron chi connectivity index (χ2n) is 22.9. The molecule has 9 N–H and O–H groups in total. The highest BCUT2D eigenvalue weighted by atomic mass is 16.7. The van der Waals surface area contributed by atoms with Gasteiger partial charge in [-0.1, -0.05) is 252 Å². The molecule has 14 heteroatoms. The van der Waals surface area contributed by atoms with E-state index in [1.54, 1.807) is 6.08 Å². The maximum atomic E-state index is 13.3. The van der Waals surface area contributed by atoms with E-state index < -0.39 is 86.8 Å². The molecule has 0 radical (unpaired) electrons. The van der Waals surface area contributed by atoms with Crippen LogP contribution in [0.25, 0.3) is 0 Å². The normalized spacial score (nSPS) is 24.4. The van der Waals surface area contributed by atoms with Crippen molar-refractivity contribution in [1.82, 2.24) is 5.32 Å². The smallest absolute Gasteiger partial charge is 0.220 e. The molecule has 2 fully saturated rings. The van der Waals surface area contributed by atoms with Crippen LogP contribution in [-0.2, 0) is 23.7 Å². The van der Waals surface area contributed by atoms with Gasteiger partial charge in [-0.2, -0.15) is 0 Å². The Morgan fingerprint density at radius 1 is 0.440 bits per heavy atom. The average molecular weight is 1180 g/mol. The standard InChI is InChI=1S/C70H119NO13/c1-3-5-7-9-11-13-15-17-19-21-23-24-25-26-27-28-29-30-31-32-33-34-36-38-40-42-44-46-48-50-52-54-62(75)71-58(59(74)53-51-49-47-45-43-41-39-37-35-22-20-18-16-14-12-10-8-6-4-2)57-81-69-67(80)65(78)68(61(56-73)83-69)84-70-66(79)64(77)63(76)60(55-72)82-70/h5,7,11,13,17,19,23-24,26-27,29-30,32-33,36,38,51,53,58-61,63-70,72-74,76-80H,3-4,6,8-10,12,14-16,18,20-22,25,28,31,34-35,37,39-50,52,54-57H2,1-2H3,(H,71,75)/b7-5-,13-11-,19-17-,24-23-,27-26-,30-29-,33-32-,38-36-,53-51+. The summed E-state index contributed by atoms with van der Waals surface area (Å²) < 4.78 is 22.8. The Bertz CT molecular complexity index is 1820. The lowest BCUT2D eigenvalue weighted by atomic mass is 9.97. The fraction of sp³-hybridized carbons (Fsp3) is 0.729. The summed E-state index contributed by atoms with van der Waals surface area (Å²) in [5.41, 5.74) is 0. The number of rotatable bonds is 52. The van der Waals surface area contributed by atoms with Gasteiger partial charge < -0.3 is 65.1 Å². The average Bonchev–Trinajstić information content (AvgIpc) is 3.18. The highest BCUT2D eigenvalue weighted by molar-refractivity contribution is 5.76. The van der Waals surface area contributed by atoms with E-state index in [9.17, 15) is 45.6 Å². The predicted octanol–water partition coefficient (Wildman–Crippen LogP) is 12.8. The number of ether oxygens (including phenoxy) is 4. The summed E-state index contributed by atoms with van der Waals surface area (Å²) in [5.74, 6) is -0.257. The quantitative estimate of drug-likeness (QED) is 0.0204. The fourth-order valence-corrected chi connectivity index (χ4v) is 10.2. The Hall–Kier alpha value is -3.35. The van der Waals surface area contributed by atoms with Crippen molar-refractivity contribution in [3.8, 4) is 0 Å². The van der Waals surface area contributed by atoms with Crippen molar-refractivity contribution in [3.05, 3.63) is 109 Å². The van der Waals surface area contributed by atoms with Crippen LogP contribution in [0.3, 0.4) is 0 Å². The van der Waals surface area contributed by atoms with Gasteiger partial charge in [-0.05, 0) is 83.5 Å². The van der Waals surface area contributed by atoms with Gasteiger partial charge in [-0.3, -0.25) is 4.79 Å². The van der Waals surface area contributed by atoms with Gasteiger partial charge in [0.1, 0.15) is 48.8 Å². The third-order valence-electron chi connectivity index (χ3n) is 15.5. The topological polar surface area (TPSA) is 228 Å². The number of nitrogens with one attached hydrogen (secondary N) is 1. The molecule has 0 saturated carbocycles. The number of aliphatic hydroxyl groups excluding tert-OH is 8. The molecule has 2 rings (SSSR count). The van der Waals surface area contributed by atoms with E-state index in [0.29, 0.717) is 6.42 Å². The van der Waals surface area contributed by atoms with Crippen LogP contribution in [0, 0.1) is 0 Å². The number of hydrogen-bond donors (Lipinski definition) is 9. The van der Waals surface area contributed by atoms with Crippen molar-refractivity contribution in [3.63, 3.8) is 0 Å². The van der Waals surface area contributed by atoms with Crippen molar-refractivity contribution in [2.45, 2.75) is 306 Å². The van der Waals surface area contributed by atoms with Crippen LogP contribution >= 0.6 is 0 Å². The summed E-state index contributed by atoms with van der Waals surface area (Å²) in [6.07, 6.45) is 59.8. The molecule has 0 bridgehead atoms. The van der Waals surface area contributed by atoms with Crippen LogP contribution in [0.15, 0.2) is 109 Å². The summed E-state index contributed by atoms with van der Waals surface area (Å²) in [6.45, 7) is 2.68. The molecular weight excluding hydrogens is 1060 g/mol. The molecular formula is C70H119NO13. The molecule has 0 aromatic heterocycles. The van der Waals surface area contributed by atoms with Crippen molar-refractivity contribution in [2.24, 2.45) is 0 Å². The molecule has 84 heavy (non-hydrogen) atoms. The van der Waals surface area contributed by atoms with Crippen LogP contribution in [0.4, 0.5) is 0 Å². The summed E-state index contributed by atoms with van der Waals surface area (Å²) in [4.78, 5) is 13.3. The Kier molecular flexibility index (Phi) is 49.2. The van der Waals surface area contributed by atoms with Gasteiger partial charge in [-0.15, -0.1) is 0 Å². The zero-order valence-electron chi connectivity index (χ0n) is 52.1. The van der Waals surface area contributed by atoms with Crippen LogP contribution in [0.2, 0.25) is 0 Å². The molecule has 12 atom stereocenters. The molecule has 2 saturated heterocycles. The maximum absolute atomic E-state index is 13.3. The van der Waals surface area contributed by atoms with Gasteiger partial charge in [0.25, 0.3) is 0 Å². The molecule has 0 aliphatic carbocycles. The third kappa shape index (κ3) is 38.0. The second-order valence-corrected chi connectivity index (χ2v) is 22.9. The van der Waals surface area contributed by atoms with E-state index in [2.05, 4.69) is 116 Å². The Labute approximate surface area is 508 Å². The SMILES string of the molecule is CC/C=C\C/C=C\C/C=C\C/C=C\C/C=C\C/C=C\C/C=C\C/C=C\CCCCCCCCC(=O)NC(COC1OC(CO)C(OC2OC(CO)C(O)C(O)C2O)C(O)C1O)C(O)/C=C/CCCCCCCCCCCCCCCCCCC. The number of hydrogen-bond acceptors (Lipinski definition) is 13. The van der Waals surface area contributed by atoms with Gasteiger partial charge in [0.05, 0.1) is 32.0 Å². The molecule has 2 aliphatic heterocycles. The van der Waals surface area contributed by atoms with E-state index in [-0.39, 0.29) is 18.9 Å².